The molecule has 7 nitrogen and oxygen atoms in total. The molecule has 1 aromatic carbocycles. The van der Waals surface area contributed by atoms with E-state index in [0.717, 1.165) is 6.26 Å². The first-order valence-corrected chi connectivity index (χ1v) is 7.41. The third-order valence-electron chi connectivity index (χ3n) is 2.61. The van der Waals surface area contributed by atoms with E-state index < -0.39 is 15.7 Å². The Morgan fingerprint density at radius 1 is 1.20 bits per heavy atom. The lowest BCUT2D eigenvalue weighted by molar-refractivity contribution is 0.0996. The molecule has 0 saturated carbocycles. The van der Waals surface area contributed by atoms with E-state index in [1.165, 1.54) is 18.3 Å². The van der Waals surface area contributed by atoms with E-state index >= 15 is 0 Å². The normalized spacial score (nSPS) is 11.2. The highest BCUT2D eigenvalue weighted by molar-refractivity contribution is 7.90. The predicted molar refractivity (Wildman–Crippen MR) is 73.5 cm³/mol. The molecule has 2 rings (SSSR count). The van der Waals surface area contributed by atoms with Crippen LogP contribution in [0, 0.1) is 0 Å². The predicted octanol–water partition coefficient (Wildman–Crippen LogP) is 0.228. The van der Waals surface area contributed by atoms with Gasteiger partial charge in [-0.15, -0.1) is 0 Å². The van der Waals surface area contributed by atoms with Crippen molar-refractivity contribution in [3.63, 3.8) is 0 Å². The first kappa shape index (κ1) is 13.9. The fourth-order valence-electron chi connectivity index (χ4n) is 1.59. The second-order valence-corrected chi connectivity index (χ2v) is 6.17. The van der Waals surface area contributed by atoms with Crippen LogP contribution in [0.15, 0.2) is 35.4 Å². The Morgan fingerprint density at radius 2 is 1.80 bits per heavy atom. The van der Waals surface area contributed by atoms with Crippen LogP contribution in [-0.4, -0.2) is 30.5 Å². The Morgan fingerprint density at radius 3 is 2.30 bits per heavy atom. The van der Waals surface area contributed by atoms with Crippen molar-refractivity contribution in [1.82, 2.24) is 9.97 Å². The number of sulfone groups is 1. The zero-order valence-electron chi connectivity index (χ0n) is 10.6. The van der Waals surface area contributed by atoms with Crippen molar-refractivity contribution in [3.8, 4) is 11.3 Å². The molecule has 2 aromatic rings. The van der Waals surface area contributed by atoms with Gasteiger partial charge in [0.1, 0.15) is 0 Å². The number of carbonyl (C=O) groups is 1. The summed E-state index contributed by atoms with van der Waals surface area (Å²) in [4.78, 5) is 19.2. The Kier molecular flexibility index (Phi) is 3.41. The first-order chi connectivity index (χ1) is 9.29. The smallest absolute Gasteiger partial charge is 0.271 e. The number of nitrogens with two attached hydrogens (primary N) is 2. The van der Waals surface area contributed by atoms with E-state index in [4.69, 9.17) is 11.5 Å². The molecule has 0 atom stereocenters. The summed E-state index contributed by atoms with van der Waals surface area (Å²) in [5, 5.41) is 0. The molecule has 0 saturated heterocycles. The second-order valence-electron chi connectivity index (χ2n) is 4.15. The summed E-state index contributed by atoms with van der Waals surface area (Å²) in [7, 11) is -3.26. The maximum Gasteiger partial charge on any atom is 0.271 e. The Hall–Kier alpha value is -2.48. The summed E-state index contributed by atoms with van der Waals surface area (Å²) in [6.07, 6.45) is 2.51. The number of benzene rings is 1. The van der Waals surface area contributed by atoms with Gasteiger partial charge in [-0.1, -0.05) is 12.1 Å². The number of primary amides is 1. The number of anilines is 1. The van der Waals surface area contributed by atoms with Crippen molar-refractivity contribution in [1.29, 1.82) is 0 Å². The summed E-state index contributed by atoms with van der Waals surface area (Å²) in [5.41, 5.74) is 11.5. The lowest BCUT2D eigenvalue weighted by Crippen LogP contribution is -2.17. The molecule has 1 aromatic heterocycles. The summed E-state index contributed by atoms with van der Waals surface area (Å²) >= 11 is 0. The molecule has 8 heteroatoms. The monoisotopic (exact) mass is 292 g/mol. The van der Waals surface area contributed by atoms with Crippen molar-refractivity contribution in [3.05, 3.63) is 36.2 Å². The third kappa shape index (κ3) is 2.75. The van der Waals surface area contributed by atoms with Crippen molar-refractivity contribution in [2.75, 3.05) is 12.0 Å². The van der Waals surface area contributed by atoms with E-state index in [0.29, 0.717) is 11.3 Å². The van der Waals surface area contributed by atoms with E-state index in [9.17, 15) is 13.2 Å². The second kappa shape index (κ2) is 4.89. The van der Waals surface area contributed by atoms with Gasteiger partial charge in [-0.25, -0.2) is 18.4 Å². The molecule has 20 heavy (non-hydrogen) atoms. The molecule has 1 amide bonds. The average Bonchev–Trinajstić information content (AvgIpc) is 2.38. The van der Waals surface area contributed by atoms with Gasteiger partial charge in [0.25, 0.3) is 5.91 Å². The van der Waals surface area contributed by atoms with Gasteiger partial charge in [0.15, 0.2) is 21.3 Å². The van der Waals surface area contributed by atoms with E-state index in [2.05, 4.69) is 9.97 Å². The molecule has 1 heterocycles. The van der Waals surface area contributed by atoms with Gasteiger partial charge in [0, 0.05) is 11.8 Å². The molecule has 0 aliphatic carbocycles. The van der Waals surface area contributed by atoms with Crippen molar-refractivity contribution in [2.24, 2.45) is 5.73 Å². The minimum absolute atomic E-state index is 0.0472. The number of nitrogen functional groups attached to an aromatic ring is 1. The quantitative estimate of drug-likeness (QED) is 0.833. The number of aromatic nitrogens is 2. The standard InChI is InChI=1S/C12H12N4O3S/c1-20(18,19)8-4-2-7(3-5-8)9-6-15-11(13)10(16-9)12(14)17/h2-6H,1H3,(H2,13,15)(H2,14,17). The Bertz CT molecular complexity index is 770. The molecule has 0 fully saturated rings. The Balaban J connectivity index is 2.47. The third-order valence-corrected chi connectivity index (χ3v) is 3.74. The molecule has 104 valence electrons. The minimum Gasteiger partial charge on any atom is -0.382 e. The van der Waals surface area contributed by atoms with Crippen molar-refractivity contribution >= 4 is 21.6 Å². The molecule has 0 aliphatic heterocycles. The van der Waals surface area contributed by atoms with E-state index in [1.54, 1.807) is 12.1 Å². The van der Waals surface area contributed by atoms with Crippen LogP contribution < -0.4 is 11.5 Å². The van der Waals surface area contributed by atoms with Gasteiger partial charge >= 0.3 is 0 Å². The molecule has 0 bridgehead atoms. The van der Waals surface area contributed by atoms with Gasteiger partial charge in [0.05, 0.1) is 16.8 Å². The molecule has 0 aliphatic rings. The number of rotatable bonds is 3. The fraction of sp³-hybridized carbons (Fsp3) is 0.0833. The molecular formula is C12H12N4O3S. The summed E-state index contributed by atoms with van der Waals surface area (Å²) < 4.78 is 22.7. The molecule has 0 unspecified atom stereocenters. The van der Waals surface area contributed by atoms with Crippen LogP contribution >= 0.6 is 0 Å². The van der Waals surface area contributed by atoms with Crippen LogP contribution in [0.2, 0.25) is 0 Å². The lowest BCUT2D eigenvalue weighted by atomic mass is 10.1. The molecule has 4 N–H and O–H groups in total. The van der Waals surface area contributed by atoms with Gasteiger partial charge < -0.3 is 11.5 Å². The number of carbonyl (C=O) groups excluding carboxylic acids is 1. The summed E-state index contributed by atoms with van der Waals surface area (Å²) in [5.74, 6) is -0.821. The topological polar surface area (TPSA) is 129 Å². The SMILES string of the molecule is CS(=O)(=O)c1ccc(-c2cnc(N)c(C(N)=O)n2)cc1. The summed E-state index contributed by atoms with van der Waals surface area (Å²) in [6.45, 7) is 0. The molecule has 0 spiro atoms. The number of hydrogen-bond donors (Lipinski definition) is 2. The summed E-state index contributed by atoms with van der Waals surface area (Å²) in [6, 6.07) is 6.04. The highest BCUT2D eigenvalue weighted by Crippen LogP contribution is 2.20. The highest BCUT2D eigenvalue weighted by Gasteiger charge is 2.12. The Labute approximate surface area is 115 Å². The number of nitrogens with zero attached hydrogens (tertiary/aromatic N) is 2. The number of amides is 1. The zero-order valence-corrected chi connectivity index (χ0v) is 11.4. The van der Waals surface area contributed by atoms with Crippen LogP contribution in [0.3, 0.4) is 0 Å². The minimum atomic E-state index is -3.26. The van der Waals surface area contributed by atoms with Crippen LogP contribution in [0.1, 0.15) is 10.5 Å². The molecule has 0 radical (unpaired) electrons. The molecular weight excluding hydrogens is 280 g/mol. The van der Waals surface area contributed by atoms with Crippen molar-refractivity contribution < 1.29 is 13.2 Å². The van der Waals surface area contributed by atoms with Crippen LogP contribution in [-0.2, 0) is 9.84 Å². The van der Waals surface area contributed by atoms with Gasteiger partial charge in [-0.2, -0.15) is 0 Å². The maximum absolute atomic E-state index is 11.4. The highest BCUT2D eigenvalue weighted by atomic mass is 32.2. The van der Waals surface area contributed by atoms with Crippen LogP contribution in [0.5, 0.6) is 0 Å². The van der Waals surface area contributed by atoms with Gasteiger partial charge in [-0.05, 0) is 12.1 Å². The zero-order chi connectivity index (χ0) is 14.9. The van der Waals surface area contributed by atoms with Gasteiger partial charge in [0.2, 0.25) is 0 Å². The largest absolute Gasteiger partial charge is 0.382 e. The van der Waals surface area contributed by atoms with E-state index in [1.807, 2.05) is 0 Å². The van der Waals surface area contributed by atoms with E-state index in [-0.39, 0.29) is 16.4 Å². The lowest BCUT2D eigenvalue weighted by Gasteiger charge is -2.05. The maximum atomic E-state index is 11.4. The van der Waals surface area contributed by atoms with Crippen LogP contribution in [0.25, 0.3) is 11.3 Å². The van der Waals surface area contributed by atoms with Gasteiger partial charge in [-0.3, -0.25) is 4.79 Å². The average molecular weight is 292 g/mol. The first-order valence-electron chi connectivity index (χ1n) is 5.52. The van der Waals surface area contributed by atoms with Crippen LogP contribution in [0.4, 0.5) is 5.82 Å². The number of hydrogen-bond acceptors (Lipinski definition) is 6. The fourth-order valence-corrected chi connectivity index (χ4v) is 2.22. The van der Waals surface area contributed by atoms with Crippen molar-refractivity contribution in [2.45, 2.75) is 4.90 Å².